The molecule has 0 saturated heterocycles. The van der Waals surface area contributed by atoms with Crippen LogP contribution in [-0.4, -0.2) is 30.8 Å². The molecule has 2 amide bonds. The molecule has 1 atom stereocenters. The third kappa shape index (κ3) is 3.82. The van der Waals surface area contributed by atoms with E-state index < -0.39 is 18.0 Å². The van der Waals surface area contributed by atoms with E-state index in [9.17, 15) is 14.7 Å². The molecule has 0 unspecified atom stereocenters. The molecule has 0 aliphatic carbocycles. The number of halogens is 1. The fourth-order valence-corrected chi connectivity index (χ4v) is 3.56. The summed E-state index contributed by atoms with van der Waals surface area (Å²) in [4.78, 5) is 25.2. The summed E-state index contributed by atoms with van der Waals surface area (Å²) in [6, 6.07) is 10.8. The molecule has 3 N–H and O–H groups in total. The van der Waals surface area contributed by atoms with E-state index in [0.717, 1.165) is 0 Å². The van der Waals surface area contributed by atoms with Gasteiger partial charge in [0, 0.05) is 4.47 Å². The van der Waals surface area contributed by atoms with Crippen molar-refractivity contribution < 1.29 is 24.2 Å². The predicted molar refractivity (Wildman–Crippen MR) is 107 cm³/mol. The van der Waals surface area contributed by atoms with Gasteiger partial charge in [-0.2, -0.15) is 0 Å². The van der Waals surface area contributed by atoms with E-state index in [1.807, 2.05) is 18.2 Å². The van der Waals surface area contributed by atoms with Crippen LogP contribution < -0.4 is 15.4 Å². The average molecular weight is 447 g/mol. The van der Waals surface area contributed by atoms with E-state index in [4.69, 9.17) is 9.47 Å². The van der Waals surface area contributed by atoms with Crippen molar-refractivity contribution in [2.24, 2.45) is 0 Å². The van der Waals surface area contributed by atoms with Crippen molar-refractivity contribution in [1.29, 1.82) is 0 Å². The van der Waals surface area contributed by atoms with Crippen LogP contribution in [0.4, 0.5) is 4.79 Å². The Labute approximate surface area is 170 Å². The standard InChI is InChI=1S/C20H19BrN2O5/c1-3-28-19(25)16-17(11-7-5-4-6-8-11)22-20(26)23-18(16)12-9-15(27-2)14(24)10-13(12)21/h4-10,18,24H,3H2,1-2H3,(H2,22,23,26)/t18-/m0/s1. The number of hydrogen-bond donors (Lipinski definition) is 3. The molecule has 28 heavy (non-hydrogen) atoms. The van der Waals surface area contributed by atoms with Crippen molar-refractivity contribution in [2.75, 3.05) is 13.7 Å². The van der Waals surface area contributed by atoms with Crippen LogP contribution >= 0.6 is 15.9 Å². The minimum Gasteiger partial charge on any atom is -0.504 e. The quantitative estimate of drug-likeness (QED) is 0.610. The Morgan fingerprint density at radius 1 is 1.25 bits per heavy atom. The summed E-state index contributed by atoms with van der Waals surface area (Å²) in [7, 11) is 1.42. The lowest BCUT2D eigenvalue weighted by Gasteiger charge is -2.30. The Hall–Kier alpha value is -3.00. The van der Waals surface area contributed by atoms with Crippen molar-refractivity contribution >= 4 is 33.6 Å². The van der Waals surface area contributed by atoms with E-state index in [0.29, 0.717) is 21.3 Å². The number of urea groups is 1. The zero-order chi connectivity index (χ0) is 20.3. The molecule has 7 nitrogen and oxygen atoms in total. The van der Waals surface area contributed by atoms with Gasteiger partial charge in [-0.05, 0) is 30.2 Å². The molecule has 0 bridgehead atoms. The predicted octanol–water partition coefficient (Wildman–Crippen LogP) is 3.49. The van der Waals surface area contributed by atoms with Gasteiger partial charge in [0.15, 0.2) is 11.5 Å². The Morgan fingerprint density at radius 3 is 2.61 bits per heavy atom. The molecule has 3 rings (SSSR count). The second kappa shape index (κ2) is 8.35. The Kier molecular flexibility index (Phi) is 5.89. The smallest absolute Gasteiger partial charge is 0.338 e. The molecule has 1 heterocycles. The largest absolute Gasteiger partial charge is 0.504 e. The minimum absolute atomic E-state index is 0.0664. The molecule has 0 spiro atoms. The number of methoxy groups -OCH3 is 1. The molecule has 2 aromatic rings. The monoisotopic (exact) mass is 446 g/mol. The first-order valence-corrected chi connectivity index (χ1v) is 9.36. The van der Waals surface area contributed by atoms with Gasteiger partial charge in [-0.25, -0.2) is 9.59 Å². The van der Waals surface area contributed by atoms with Crippen molar-refractivity contribution in [3.63, 3.8) is 0 Å². The van der Waals surface area contributed by atoms with Crippen molar-refractivity contribution in [3.05, 3.63) is 63.6 Å². The second-order valence-electron chi connectivity index (χ2n) is 5.95. The van der Waals surface area contributed by atoms with E-state index in [1.54, 1.807) is 25.1 Å². The number of esters is 1. The van der Waals surface area contributed by atoms with Gasteiger partial charge in [-0.1, -0.05) is 46.3 Å². The number of hydrogen-bond acceptors (Lipinski definition) is 5. The Morgan fingerprint density at radius 2 is 1.96 bits per heavy atom. The SMILES string of the molecule is CCOC(=O)C1=C(c2ccccc2)NC(=O)N[C@H]1c1cc(OC)c(O)cc1Br. The Bertz CT molecular complexity index is 943. The van der Waals surface area contributed by atoms with Crippen molar-refractivity contribution in [3.8, 4) is 11.5 Å². The highest BCUT2D eigenvalue weighted by molar-refractivity contribution is 9.10. The summed E-state index contributed by atoms with van der Waals surface area (Å²) in [6.45, 7) is 1.90. The van der Waals surface area contributed by atoms with Crippen LogP contribution in [0.25, 0.3) is 5.70 Å². The zero-order valence-electron chi connectivity index (χ0n) is 15.3. The molecule has 0 saturated carbocycles. The van der Waals surface area contributed by atoms with Crippen LogP contribution in [0, 0.1) is 0 Å². The number of carbonyl (C=O) groups excluding carboxylic acids is 2. The highest BCUT2D eigenvalue weighted by Crippen LogP contribution is 2.40. The van der Waals surface area contributed by atoms with Gasteiger partial charge >= 0.3 is 12.0 Å². The molecule has 0 fully saturated rings. The van der Waals surface area contributed by atoms with Crippen LogP contribution in [0.2, 0.25) is 0 Å². The first-order valence-electron chi connectivity index (χ1n) is 8.56. The molecule has 8 heteroatoms. The number of benzene rings is 2. The third-order valence-electron chi connectivity index (χ3n) is 4.24. The van der Waals surface area contributed by atoms with Crippen LogP contribution in [0.15, 0.2) is 52.5 Å². The summed E-state index contributed by atoms with van der Waals surface area (Å²) in [5.74, 6) is -0.406. The number of nitrogens with one attached hydrogen (secondary N) is 2. The fraction of sp³-hybridized carbons (Fsp3) is 0.200. The van der Waals surface area contributed by atoms with Crippen LogP contribution in [0.3, 0.4) is 0 Å². The highest BCUT2D eigenvalue weighted by atomic mass is 79.9. The summed E-state index contributed by atoms with van der Waals surface area (Å²) >= 11 is 3.40. The van der Waals surface area contributed by atoms with Gasteiger partial charge in [0.1, 0.15) is 0 Å². The lowest BCUT2D eigenvalue weighted by atomic mass is 9.92. The van der Waals surface area contributed by atoms with Crippen LogP contribution in [0.5, 0.6) is 11.5 Å². The molecule has 0 aromatic heterocycles. The van der Waals surface area contributed by atoms with Gasteiger partial charge < -0.3 is 25.2 Å². The number of phenols is 1. The molecular weight excluding hydrogens is 428 g/mol. The van der Waals surface area contributed by atoms with E-state index >= 15 is 0 Å². The molecule has 0 radical (unpaired) electrons. The fourth-order valence-electron chi connectivity index (χ4n) is 3.00. The molecule has 2 aromatic carbocycles. The summed E-state index contributed by atoms with van der Waals surface area (Å²) < 4.78 is 10.9. The molecule has 1 aliphatic heterocycles. The molecule has 1 aliphatic rings. The maximum Gasteiger partial charge on any atom is 0.338 e. The number of aromatic hydroxyl groups is 1. The zero-order valence-corrected chi connectivity index (χ0v) is 16.9. The van der Waals surface area contributed by atoms with Gasteiger partial charge in [-0.15, -0.1) is 0 Å². The lowest BCUT2D eigenvalue weighted by Crippen LogP contribution is -2.45. The normalized spacial score (nSPS) is 16.2. The molecular formula is C20H19BrN2O5. The maximum atomic E-state index is 12.8. The maximum absolute atomic E-state index is 12.8. The molecule has 146 valence electrons. The van der Waals surface area contributed by atoms with Crippen LogP contribution in [0.1, 0.15) is 24.1 Å². The van der Waals surface area contributed by atoms with Gasteiger partial charge in [0.05, 0.1) is 31.0 Å². The van der Waals surface area contributed by atoms with E-state index in [-0.39, 0.29) is 23.7 Å². The minimum atomic E-state index is -0.813. The van der Waals surface area contributed by atoms with Crippen molar-refractivity contribution in [1.82, 2.24) is 10.6 Å². The first kappa shape index (κ1) is 19.8. The first-order chi connectivity index (χ1) is 13.5. The van der Waals surface area contributed by atoms with Crippen LogP contribution in [-0.2, 0) is 9.53 Å². The number of rotatable bonds is 5. The summed E-state index contributed by atoms with van der Waals surface area (Å²) in [6.07, 6.45) is 0. The van der Waals surface area contributed by atoms with E-state index in [2.05, 4.69) is 26.6 Å². The van der Waals surface area contributed by atoms with Gasteiger partial charge in [0.25, 0.3) is 0 Å². The Balaban J connectivity index is 2.23. The number of amides is 2. The number of ether oxygens (including phenoxy) is 2. The summed E-state index contributed by atoms with van der Waals surface area (Å²) in [5.41, 5.74) is 1.83. The number of carbonyl (C=O) groups is 2. The number of phenolic OH excluding ortho intramolecular Hbond substituents is 1. The summed E-state index contributed by atoms with van der Waals surface area (Å²) in [5, 5.41) is 15.5. The lowest BCUT2D eigenvalue weighted by molar-refractivity contribution is -0.138. The van der Waals surface area contributed by atoms with Crippen molar-refractivity contribution in [2.45, 2.75) is 13.0 Å². The van der Waals surface area contributed by atoms with Gasteiger partial charge in [-0.3, -0.25) is 0 Å². The topological polar surface area (TPSA) is 96.9 Å². The second-order valence-corrected chi connectivity index (χ2v) is 6.81. The van der Waals surface area contributed by atoms with E-state index in [1.165, 1.54) is 13.2 Å². The third-order valence-corrected chi connectivity index (χ3v) is 4.93. The van der Waals surface area contributed by atoms with Gasteiger partial charge in [0.2, 0.25) is 0 Å². The highest BCUT2D eigenvalue weighted by Gasteiger charge is 2.35. The average Bonchev–Trinajstić information content (AvgIpc) is 2.68.